The summed E-state index contributed by atoms with van der Waals surface area (Å²) in [7, 11) is -1.65. The van der Waals surface area contributed by atoms with Gasteiger partial charge in [0.15, 0.2) is 15.9 Å². The Kier molecular flexibility index (Phi) is 5.96. The van der Waals surface area contributed by atoms with E-state index in [4.69, 9.17) is 0 Å². The highest BCUT2D eigenvalue weighted by Crippen LogP contribution is 2.27. The molecule has 3 heterocycles. The Balaban J connectivity index is 1.56. The first-order valence-corrected chi connectivity index (χ1v) is 12.8. The first-order valence-electron chi connectivity index (χ1n) is 9.48. The van der Waals surface area contributed by atoms with Crippen molar-refractivity contribution < 1.29 is 8.42 Å². The second-order valence-corrected chi connectivity index (χ2v) is 10.3. The molecule has 4 aromatic rings. The van der Waals surface area contributed by atoms with E-state index in [1.807, 2.05) is 53.7 Å². The number of thioether (sulfide) groups is 1. The predicted molar refractivity (Wildman–Crippen MR) is 119 cm³/mol. The fourth-order valence-electron chi connectivity index (χ4n) is 3.18. The summed E-state index contributed by atoms with van der Waals surface area (Å²) in [6, 6.07) is 6.87. The second kappa shape index (κ2) is 8.50. The lowest BCUT2D eigenvalue weighted by Gasteiger charge is -2.18. The Morgan fingerprint density at radius 3 is 2.73 bits per heavy atom. The molecule has 8 nitrogen and oxygen atoms in total. The van der Waals surface area contributed by atoms with Crippen LogP contribution in [0.3, 0.4) is 0 Å². The summed E-state index contributed by atoms with van der Waals surface area (Å²) in [5.74, 6) is 1.30. The van der Waals surface area contributed by atoms with Crippen LogP contribution in [0.25, 0.3) is 16.3 Å². The van der Waals surface area contributed by atoms with Gasteiger partial charge < -0.3 is 4.57 Å². The third-order valence-corrected chi connectivity index (χ3v) is 8.63. The SMILES string of the molecule is CCN(CC)S(=O)(=O)c1cccc(-c2nnc(SCc3cn4ccsc4n3)n2C)c1. The predicted octanol–water partition coefficient (Wildman–Crippen LogP) is 3.51. The number of aromatic nitrogens is 5. The second-order valence-electron chi connectivity index (χ2n) is 6.60. The molecule has 0 saturated heterocycles. The number of thiazole rings is 1. The average Bonchev–Trinajstić information content (AvgIpc) is 3.42. The van der Waals surface area contributed by atoms with Gasteiger partial charge in [-0.1, -0.05) is 37.7 Å². The Labute approximate surface area is 183 Å². The van der Waals surface area contributed by atoms with E-state index in [2.05, 4.69) is 15.2 Å². The lowest BCUT2D eigenvalue weighted by molar-refractivity contribution is 0.445. The van der Waals surface area contributed by atoms with Crippen LogP contribution in [-0.2, 0) is 22.8 Å². The molecule has 0 radical (unpaired) electrons. The summed E-state index contributed by atoms with van der Waals surface area (Å²) in [6.07, 6.45) is 4.00. The van der Waals surface area contributed by atoms with Gasteiger partial charge in [0.25, 0.3) is 0 Å². The number of rotatable bonds is 8. The normalized spacial score (nSPS) is 12.3. The molecule has 0 unspecified atom stereocenters. The quantitative estimate of drug-likeness (QED) is 0.373. The molecule has 0 N–H and O–H groups in total. The summed E-state index contributed by atoms with van der Waals surface area (Å²) >= 11 is 3.15. The van der Waals surface area contributed by atoms with Crippen LogP contribution in [0.4, 0.5) is 0 Å². The maximum absolute atomic E-state index is 12.9. The molecule has 1 aromatic carbocycles. The van der Waals surface area contributed by atoms with Crippen LogP contribution < -0.4 is 0 Å². The number of fused-ring (bicyclic) bond motifs is 1. The van der Waals surface area contributed by atoms with Gasteiger partial charge in [0.2, 0.25) is 10.0 Å². The number of hydrogen-bond acceptors (Lipinski definition) is 7. The van der Waals surface area contributed by atoms with Crippen LogP contribution in [0.2, 0.25) is 0 Å². The smallest absolute Gasteiger partial charge is 0.243 e. The molecule has 0 aliphatic rings. The number of imidazole rings is 1. The zero-order chi connectivity index (χ0) is 21.3. The van der Waals surface area contributed by atoms with Crippen LogP contribution in [0.15, 0.2) is 52.1 Å². The molecule has 0 aliphatic carbocycles. The standard InChI is InChI=1S/C19H22N6O2S3/c1-4-25(5-2)30(26,27)16-8-6-7-14(11-16)17-21-22-19(23(17)3)29-13-15-12-24-9-10-28-18(24)20-15/h6-12H,4-5,13H2,1-3H3. The average molecular weight is 463 g/mol. The summed E-state index contributed by atoms with van der Waals surface area (Å²) in [5, 5.41) is 11.3. The van der Waals surface area contributed by atoms with E-state index in [0.717, 1.165) is 15.8 Å². The molecular formula is C19H22N6O2S3. The molecular weight excluding hydrogens is 440 g/mol. The van der Waals surface area contributed by atoms with Crippen molar-refractivity contribution in [3.05, 3.63) is 47.7 Å². The number of sulfonamides is 1. The van der Waals surface area contributed by atoms with Crippen LogP contribution in [0, 0.1) is 0 Å². The number of benzene rings is 1. The van der Waals surface area contributed by atoms with Crippen molar-refractivity contribution >= 4 is 38.1 Å². The summed E-state index contributed by atoms with van der Waals surface area (Å²) in [4.78, 5) is 5.82. The highest BCUT2D eigenvalue weighted by Gasteiger charge is 2.22. The van der Waals surface area contributed by atoms with Crippen LogP contribution in [0.5, 0.6) is 0 Å². The molecule has 0 spiro atoms. The third-order valence-electron chi connectivity index (χ3n) is 4.76. The van der Waals surface area contributed by atoms with Crippen LogP contribution in [-0.4, -0.2) is 50.0 Å². The molecule has 4 rings (SSSR count). The molecule has 0 amide bonds. The Morgan fingerprint density at radius 1 is 1.20 bits per heavy atom. The number of hydrogen-bond donors (Lipinski definition) is 0. The fraction of sp³-hybridized carbons (Fsp3) is 0.316. The minimum atomic E-state index is -3.53. The van der Waals surface area contributed by atoms with Crippen molar-refractivity contribution in [2.75, 3.05) is 13.1 Å². The molecule has 0 atom stereocenters. The van der Waals surface area contributed by atoms with Crippen molar-refractivity contribution in [2.24, 2.45) is 7.05 Å². The molecule has 30 heavy (non-hydrogen) atoms. The van der Waals surface area contributed by atoms with Gasteiger partial charge in [0.1, 0.15) is 0 Å². The van der Waals surface area contributed by atoms with E-state index in [9.17, 15) is 8.42 Å². The van der Waals surface area contributed by atoms with E-state index in [0.29, 0.717) is 30.2 Å². The minimum Gasteiger partial charge on any atom is -0.305 e. The van der Waals surface area contributed by atoms with E-state index in [1.165, 1.54) is 4.31 Å². The Bertz CT molecular complexity index is 1240. The first-order chi connectivity index (χ1) is 14.4. The van der Waals surface area contributed by atoms with Crippen molar-refractivity contribution in [1.29, 1.82) is 0 Å². The highest BCUT2D eigenvalue weighted by atomic mass is 32.2. The lowest BCUT2D eigenvalue weighted by Crippen LogP contribution is -2.30. The highest BCUT2D eigenvalue weighted by molar-refractivity contribution is 7.98. The summed E-state index contributed by atoms with van der Waals surface area (Å²) < 4.78 is 31.0. The zero-order valence-electron chi connectivity index (χ0n) is 16.9. The maximum atomic E-state index is 12.9. The van der Waals surface area contributed by atoms with Gasteiger partial charge in [0.05, 0.1) is 10.6 Å². The van der Waals surface area contributed by atoms with E-state index in [1.54, 1.807) is 41.3 Å². The van der Waals surface area contributed by atoms with Gasteiger partial charge in [-0.3, -0.25) is 4.40 Å². The minimum absolute atomic E-state index is 0.263. The third kappa shape index (κ3) is 3.89. The fourth-order valence-corrected chi connectivity index (χ4v) is 6.20. The Hall–Kier alpha value is -2.21. The lowest BCUT2D eigenvalue weighted by atomic mass is 10.2. The Morgan fingerprint density at radius 2 is 2.00 bits per heavy atom. The molecule has 158 valence electrons. The topological polar surface area (TPSA) is 85.4 Å². The molecule has 0 saturated carbocycles. The number of nitrogens with zero attached hydrogens (tertiary/aromatic N) is 6. The van der Waals surface area contributed by atoms with Gasteiger partial charge in [-0.2, -0.15) is 4.31 Å². The monoisotopic (exact) mass is 462 g/mol. The van der Waals surface area contributed by atoms with Crippen molar-refractivity contribution in [1.82, 2.24) is 28.5 Å². The molecule has 3 aromatic heterocycles. The van der Waals surface area contributed by atoms with Gasteiger partial charge >= 0.3 is 0 Å². The first kappa shape index (κ1) is 21.0. The van der Waals surface area contributed by atoms with E-state index >= 15 is 0 Å². The van der Waals surface area contributed by atoms with E-state index < -0.39 is 10.0 Å². The van der Waals surface area contributed by atoms with Gasteiger partial charge in [-0.05, 0) is 12.1 Å². The maximum Gasteiger partial charge on any atom is 0.243 e. The van der Waals surface area contributed by atoms with Gasteiger partial charge in [0, 0.05) is 49.2 Å². The molecule has 0 fully saturated rings. The van der Waals surface area contributed by atoms with Gasteiger partial charge in [-0.25, -0.2) is 13.4 Å². The van der Waals surface area contributed by atoms with Gasteiger partial charge in [-0.15, -0.1) is 21.5 Å². The van der Waals surface area contributed by atoms with Crippen molar-refractivity contribution in [3.8, 4) is 11.4 Å². The summed E-state index contributed by atoms with van der Waals surface area (Å²) in [5.41, 5.74) is 1.69. The van der Waals surface area contributed by atoms with Crippen molar-refractivity contribution in [3.63, 3.8) is 0 Å². The van der Waals surface area contributed by atoms with Crippen LogP contribution >= 0.6 is 23.1 Å². The molecule has 0 bridgehead atoms. The largest absolute Gasteiger partial charge is 0.305 e. The van der Waals surface area contributed by atoms with Crippen LogP contribution in [0.1, 0.15) is 19.5 Å². The molecule has 0 aliphatic heterocycles. The van der Waals surface area contributed by atoms with Crippen molar-refractivity contribution in [2.45, 2.75) is 29.7 Å². The summed E-state index contributed by atoms with van der Waals surface area (Å²) in [6.45, 7) is 4.53. The molecule has 11 heteroatoms. The zero-order valence-corrected chi connectivity index (χ0v) is 19.3. The van der Waals surface area contributed by atoms with E-state index in [-0.39, 0.29) is 4.90 Å².